The molecule has 2 rings (SSSR count). The van der Waals surface area contributed by atoms with Gasteiger partial charge in [0.2, 0.25) is 6.29 Å². The second-order valence-corrected chi connectivity index (χ2v) is 4.60. The van der Waals surface area contributed by atoms with Gasteiger partial charge in [0.05, 0.1) is 7.11 Å². The number of esters is 1. The molecule has 0 fully saturated rings. The Balaban J connectivity index is 2.47. The van der Waals surface area contributed by atoms with Crippen molar-refractivity contribution in [1.29, 1.82) is 0 Å². The third-order valence-corrected chi connectivity index (χ3v) is 3.20. The lowest BCUT2D eigenvalue weighted by atomic mass is 10.1. The Morgan fingerprint density at radius 3 is 2.71 bits per heavy atom. The fourth-order valence-corrected chi connectivity index (χ4v) is 2.16. The summed E-state index contributed by atoms with van der Waals surface area (Å²) >= 11 is 2.18. The monoisotopic (exact) mass is 346 g/mol. The largest absolute Gasteiger partial charge is 0.463 e. The summed E-state index contributed by atoms with van der Waals surface area (Å²) in [4.78, 5) is 11.6. The minimum atomic E-state index is -0.524. The molecule has 0 N–H and O–H groups in total. The summed E-state index contributed by atoms with van der Waals surface area (Å²) in [5.41, 5.74) is 0.831. The highest BCUT2D eigenvalue weighted by Gasteiger charge is 2.31. The molecule has 17 heavy (non-hydrogen) atoms. The first-order chi connectivity index (χ1) is 8.13. The van der Waals surface area contributed by atoms with Gasteiger partial charge in [0.25, 0.3) is 5.76 Å². The first-order valence-electron chi connectivity index (χ1n) is 5.04. The lowest BCUT2D eigenvalue weighted by molar-refractivity contribution is -0.141. The predicted octanol–water partition coefficient (Wildman–Crippen LogP) is 2.53. The van der Waals surface area contributed by atoms with Crippen LogP contribution in [0, 0.1) is 3.57 Å². The van der Waals surface area contributed by atoms with Crippen LogP contribution in [0.3, 0.4) is 0 Å². The van der Waals surface area contributed by atoms with Gasteiger partial charge in [-0.15, -0.1) is 0 Å². The summed E-state index contributed by atoms with van der Waals surface area (Å²) in [5.74, 6) is 0.0440. The summed E-state index contributed by atoms with van der Waals surface area (Å²) in [6.45, 7) is 1.73. The summed E-state index contributed by atoms with van der Waals surface area (Å²) in [5, 5.41) is 0. The molecule has 0 bridgehead atoms. The highest BCUT2D eigenvalue weighted by Crippen LogP contribution is 2.33. The fourth-order valence-electron chi connectivity index (χ4n) is 1.53. The van der Waals surface area contributed by atoms with Crippen LogP contribution in [0.2, 0.25) is 0 Å². The Morgan fingerprint density at radius 1 is 1.35 bits per heavy atom. The highest BCUT2D eigenvalue weighted by atomic mass is 127. The average Bonchev–Trinajstić information content (AvgIpc) is 2.71. The third kappa shape index (κ3) is 2.38. The van der Waals surface area contributed by atoms with E-state index in [1.165, 1.54) is 7.11 Å². The number of benzene rings is 1. The molecule has 1 aromatic rings. The molecule has 1 aromatic carbocycles. The molecule has 0 saturated carbocycles. The van der Waals surface area contributed by atoms with Gasteiger partial charge in [-0.1, -0.05) is 18.2 Å². The zero-order valence-electron chi connectivity index (χ0n) is 9.40. The van der Waals surface area contributed by atoms with Crippen molar-refractivity contribution >= 4 is 34.3 Å². The van der Waals surface area contributed by atoms with Crippen molar-refractivity contribution in [1.82, 2.24) is 0 Å². The SMILES string of the molecule is COC(=O)C1=C(c2ccccc2I)OC(C)O1. The van der Waals surface area contributed by atoms with E-state index in [4.69, 9.17) is 9.47 Å². The molecule has 0 amide bonds. The molecular formula is C12H11IO4. The zero-order valence-corrected chi connectivity index (χ0v) is 11.6. The number of hydrogen-bond donors (Lipinski definition) is 0. The molecule has 1 atom stereocenters. The Morgan fingerprint density at radius 2 is 2.06 bits per heavy atom. The first-order valence-corrected chi connectivity index (χ1v) is 6.12. The topological polar surface area (TPSA) is 44.8 Å². The molecule has 5 heteroatoms. The summed E-state index contributed by atoms with van der Waals surface area (Å²) in [7, 11) is 1.31. The molecule has 90 valence electrons. The van der Waals surface area contributed by atoms with Gasteiger partial charge < -0.3 is 14.2 Å². The molecular weight excluding hydrogens is 335 g/mol. The summed E-state index contributed by atoms with van der Waals surface area (Å²) < 4.78 is 16.5. The van der Waals surface area contributed by atoms with E-state index >= 15 is 0 Å². The molecule has 0 spiro atoms. The van der Waals surface area contributed by atoms with Crippen LogP contribution in [0.15, 0.2) is 30.0 Å². The third-order valence-electron chi connectivity index (χ3n) is 2.26. The average molecular weight is 346 g/mol. The van der Waals surface area contributed by atoms with E-state index in [2.05, 4.69) is 27.3 Å². The number of hydrogen-bond acceptors (Lipinski definition) is 4. The van der Waals surface area contributed by atoms with Gasteiger partial charge in [0.15, 0.2) is 5.76 Å². The molecule has 1 unspecified atom stereocenters. The number of carbonyl (C=O) groups excluding carboxylic acids is 1. The molecule has 0 aromatic heterocycles. The molecule has 4 nitrogen and oxygen atoms in total. The van der Waals surface area contributed by atoms with E-state index in [0.717, 1.165) is 9.13 Å². The maximum Gasteiger partial charge on any atom is 0.377 e. The Bertz CT molecular complexity index is 481. The van der Waals surface area contributed by atoms with Crippen molar-refractivity contribution in [2.24, 2.45) is 0 Å². The maximum absolute atomic E-state index is 11.6. The Hall–Kier alpha value is -1.24. The van der Waals surface area contributed by atoms with Crippen molar-refractivity contribution in [2.75, 3.05) is 7.11 Å². The van der Waals surface area contributed by atoms with Crippen LogP contribution in [0.1, 0.15) is 12.5 Å². The van der Waals surface area contributed by atoms with Gasteiger partial charge in [0, 0.05) is 16.1 Å². The van der Waals surface area contributed by atoms with E-state index in [1.807, 2.05) is 24.3 Å². The van der Waals surface area contributed by atoms with Gasteiger partial charge in [-0.25, -0.2) is 4.79 Å². The minimum Gasteiger partial charge on any atom is -0.463 e. The number of halogens is 1. The molecule has 1 aliphatic heterocycles. The molecule has 0 saturated heterocycles. The van der Waals surface area contributed by atoms with Crippen LogP contribution in [-0.4, -0.2) is 19.4 Å². The second-order valence-electron chi connectivity index (χ2n) is 3.43. The van der Waals surface area contributed by atoms with Gasteiger partial charge in [-0.3, -0.25) is 0 Å². The molecule has 0 aliphatic carbocycles. The molecule has 0 radical (unpaired) electrons. The van der Waals surface area contributed by atoms with Crippen LogP contribution in [0.5, 0.6) is 0 Å². The molecule has 1 heterocycles. The van der Waals surface area contributed by atoms with Crippen molar-refractivity contribution < 1.29 is 19.0 Å². The van der Waals surface area contributed by atoms with Crippen LogP contribution in [0.25, 0.3) is 5.76 Å². The zero-order chi connectivity index (χ0) is 12.4. The van der Waals surface area contributed by atoms with Crippen LogP contribution >= 0.6 is 22.6 Å². The van der Waals surface area contributed by atoms with Crippen LogP contribution < -0.4 is 0 Å². The quantitative estimate of drug-likeness (QED) is 0.610. The maximum atomic E-state index is 11.6. The Kier molecular flexibility index (Phi) is 3.56. The second kappa shape index (κ2) is 4.95. The van der Waals surface area contributed by atoms with E-state index in [1.54, 1.807) is 6.92 Å². The summed E-state index contributed by atoms with van der Waals surface area (Å²) in [6, 6.07) is 7.61. The first kappa shape index (κ1) is 12.2. The smallest absolute Gasteiger partial charge is 0.377 e. The molecule has 1 aliphatic rings. The number of methoxy groups -OCH3 is 1. The standard InChI is InChI=1S/C12H11IO4/c1-7-16-10(11(17-7)12(14)15-2)8-5-3-4-6-9(8)13/h3-7H,1-2H3. The number of ether oxygens (including phenoxy) is 3. The van der Waals surface area contributed by atoms with Crippen LogP contribution in [0.4, 0.5) is 0 Å². The van der Waals surface area contributed by atoms with Gasteiger partial charge in [-0.05, 0) is 28.7 Å². The lowest BCUT2D eigenvalue weighted by Gasteiger charge is -2.06. The Labute approximate surface area is 113 Å². The normalized spacial score (nSPS) is 18.6. The number of rotatable bonds is 2. The van der Waals surface area contributed by atoms with Crippen LogP contribution in [-0.2, 0) is 19.0 Å². The van der Waals surface area contributed by atoms with E-state index in [9.17, 15) is 4.79 Å². The van der Waals surface area contributed by atoms with Crippen molar-refractivity contribution in [2.45, 2.75) is 13.2 Å². The van der Waals surface area contributed by atoms with E-state index in [-0.39, 0.29) is 5.76 Å². The van der Waals surface area contributed by atoms with E-state index < -0.39 is 12.3 Å². The lowest BCUT2D eigenvalue weighted by Crippen LogP contribution is -2.08. The minimum absolute atomic E-state index is 0.129. The fraction of sp³-hybridized carbons (Fsp3) is 0.250. The predicted molar refractivity (Wildman–Crippen MR) is 69.7 cm³/mol. The van der Waals surface area contributed by atoms with Crippen molar-refractivity contribution in [3.05, 3.63) is 39.2 Å². The highest BCUT2D eigenvalue weighted by molar-refractivity contribution is 14.1. The van der Waals surface area contributed by atoms with Crippen molar-refractivity contribution in [3.63, 3.8) is 0 Å². The number of carbonyl (C=O) groups is 1. The van der Waals surface area contributed by atoms with Gasteiger partial charge in [-0.2, -0.15) is 0 Å². The van der Waals surface area contributed by atoms with E-state index in [0.29, 0.717) is 5.76 Å². The van der Waals surface area contributed by atoms with Crippen molar-refractivity contribution in [3.8, 4) is 0 Å². The van der Waals surface area contributed by atoms with Gasteiger partial charge in [0.1, 0.15) is 0 Å². The van der Waals surface area contributed by atoms with Gasteiger partial charge >= 0.3 is 5.97 Å². The summed E-state index contributed by atoms with van der Waals surface area (Å²) in [6.07, 6.45) is -0.477.